The average Bonchev–Trinajstić information content (AvgIpc) is 3.08. The van der Waals surface area contributed by atoms with Gasteiger partial charge in [-0.2, -0.15) is 0 Å². The lowest BCUT2D eigenvalue weighted by Gasteiger charge is -2.40. The van der Waals surface area contributed by atoms with Crippen molar-refractivity contribution < 1.29 is 29.3 Å². The van der Waals surface area contributed by atoms with E-state index < -0.39 is 35.6 Å². The number of hydrogen-bond donors (Lipinski definition) is 2. The molecule has 304 valence electrons. The minimum absolute atomic E-state index is 0.0986. The molecule has 0 radical (unpaired) electrons. The number of carbonyl (C=O) groups is 3. The standard InChI is InChI=1S/C45H83NO6/c1-6-8-10-12-14-16-18-20-22-24-26-28-30-32-34-36-38-45(42(49)50,40-41(47)48)46(43(51)52-44(3,4)5)39-37-35-33-31-29-27-25-23-21-19-17-15-13-11-9-7-2/h20-23H,6-19,24-40H2,1-5H3,(H,47,48)(H,49,50)/t45-/m0/s1. The van der Waals surface area contributed by atoms with Crippen molar-refractivity contribution in [3.8, 4) is 0 Å². The molecule has 0 unspecified atom stereocenters. The van der Waals surface area contributed by atoms with Gasteiger partial charge < -0.3 is 14.9 Å². The number of carboxylic acid groups (broad SMARTS) is 2. The molecule has 0 rings (SSSR count). The van der Waals surface area contributed by atoms with Gasteiger partial charge in [-0.05, 0) is 85.0 Å². The van der Waals surface area contributed by atoms with Crippen molar-refractivity contribution in [3.05, 3.63) is 24.3 Å². The number of unbranched alkanes of at least 4 members (excludes halogenated alkanes) is 24. The molecule has 0 aliphatic rings. The molecular formula is C45H83NO6. The second-order valence-electron chi connectivity index (χ2n) is 16.2. The summed E-state index contributed by atoms with van der Waals surface area (Å²) >= 11 is 0. The normalized spacial score (nSPS) is 13.2. The van der Waals surface area contributed by atoms with Crippen molar-refractivity contribution in [3.63, 3.8) is 0 Å². The highest BCUT2D eigenvalue weighted by atomic mass is 16.6. The molecule has 0 aromatic heterocycles. The number of amides is 1. The van der Waals surface area contributed by atoms with Crippen molar-refractivity contribution in [2.24, 2.45) is 0 Å². The van der Waals surface area contributed by atoms with Crippen molar-refractivity contribution in [2.45, 2.75) is 238 Å². The minimum Gasteiger partial charge on any atom is -0.481 e. The minimum atomic E-state index is -1.84. The molecule has 2 N–H and O–H groups in total. The Hall–Kier alpha value is -2.31. The van der Waals surface area contributed by atoms with Crippen LogP contribution in [0.25, 0.3) is 0 Å². The number of carbonyl (C=O) groups excluding carboxylic acids is 1. The Balaban J connectivity index is 4.80. The fourth-order valence-corrected chi connectivity index (χ4v) is 6.85. The maximum atomic E-state index is 13.5. The van der Waals surface area contributed by atoms with Crippen molar-refractivity contribution >= 4 is 18.0 Å². The second kappa shape index (κ2) is 33.3. The first-order valence-electron chi connectivity index (χ1n) is 21.8. The molecule has 0 aliphatic heterocycles. The maximum absolute atomic E-state index is 13.5. The Kier molecular flexibility index (Phi) is 31.8. The van der Waals surface area contributed by atoms with Crippen LogP contribution >= 0.6 is 0 Å². The van der Waals surface area contributed by atoms with E-state index in [1.165, 1.54) is 94.8 Å². The highest BCUT2D eigenvalue weighted by Gasteiger charge is 2.49. The predicted molar refractivity (Wildman–Crippen MR) is 219 cm³/mol. The van der Waals surface area contributed by atoms with Gasteiger partial charge in [-0.3, -0.25) is 9.69 Å². The van der Waals surface area contributed by atoms with E-state index in [2.05, 4.69) is 38.2 Å². The molecule has 0 bridgehead atoms. The highest BCUT2D eigenvalue weighted by Crippen LogP contribution is 2.31. The molecule has 7 heteroatoms. The molecule has 0 aliphatic carbocycles. The van der Waals surface area contributed by atoms with Crippen LogP contribution in [-0.4, -0.2) is 50.8 Å². The number of carboxylic acids is 2. The summed E-state index contributed by atoms with van der Waals surface area (Å²) in [6.45, 7) is 9.91. The Morgan fingerprint density at radius 3 is 1.21 bits per heavy atom. The maximum Gasteiger partial charge on any atom is 0.411 e. The van der Waals surface area contributed by atoms with Crippen LogP contribution in [0.15, 0.2) is 24.3 Å². The van der Waals surface area contributed by atoms with Gasteiger partial charge in [-0.25, -0.2) is 9.59 Å². The SMILES string of the molecule is CCCCCCCCC=CCCCCCCCCN(C(=O)OC(C)(C)C)[C@@](CCCCCCCCC=CCCCCCCCC)(CC(=O)O)C(=O)O. The molecule has 1 atom stereocenters. The molecular weight excluding hydrogens is 650 g/mol. The van der Waals surface area contributed by atoms with Crippen LogP contribution in [0, 0.1) is 0 Å². The van der Waals surface area contributed by atoms with E-state index in [9.17, 15) is 24.6 Å². The van der Waals surface area contributed by atoms with Crippen LogP contribution in [-0.2, 0) is 14.3 Å². The molecule has 52 heavy (non-hydrogen) atoms. The Labute approximate surface area is 320 Å². The largest absolute Gasteiger partial charge is 0.481 e. The Bertz CT molecular complexity index is 939. The van der Waals surface area contributed by atoms with Crippen molar-refractivity contribution in [1.82, 2.24) is 4.90 Å². The fraction of sp³-hybridized carbons (Fsp3) is 0.844. The Morgan fingerprint density at radius 1 is 0.519 bits per heavy atom. The van der Waals surface area contributed by atoms with Gasteiger partial charge in [0.2, 0.25) is 0 Å². The van der Waals surface area contributed by atoms with Crippen LogP contribution < -0.4 is 0 Å². The number of hydrogen-bond acceptors (Lipinski definition) is 4. The van der Waals surface area contributed by atoms with Crippen molar-refractivity contribution in [2.75, 3.05) is 6.54 Å². The van der Waals surface area contributed by atoms with Gasteiger partial charge >= 0.3 is 18.0 Å². The number of nitrogens with zero attached hydrogens (tertiary/aromatic N) is 1. The van der Waals surface area contributed by atoms with Gasteiger partial charge in [0.1, 0.15) is 5.60 Å². The summed E-state index contributed by atoms with van der Waals surface area (Å²) < 4.78 is 5.67. The molecule has 0 aromatic rings. The molecule has 0 saturated carbocycles. The summed E-state index contributed by atoms with van der Waals surface area (Å²) in [4.78, 5) is 39.7. The van der Waals surface area contributed by atoms with E-state index in [0.717, 1.165) is 77.0 Å². The van der Waals surface area contributed by atoms with E-state index in [4.69, 9.17) is 4.74 Å². The number of rotatable bonds is 36. The summed E-state index contributed by atoms with van der Waals surface area (Å²) in [5.41, 5.74) is -2.66. The summed E-state index contributed by atoms with van der Waals surface area (Å²) in [6.07, 6.45) is 40.0. The van der Waals surface area contributed by atoms with Crippen molar-refractivity contribution in [1.29, 1.82) is 0 Å². The van der Waals surface area contributed by atoms with Crippen LogP contribution in [0.3, 0.4) is 0 Å². The smallest absolute Gasteiger partial charge is 0.411 e. The van der Waals surface area contributed by atoms with E-state index in [0.29, 0.717) is 12.8 Å². The lowest BCUT2D eigenvalue weighted by molar-refractivity contribution is -0.158. The van der Waals surface area contributed by atoms with Gasteiger partial charge in [-0.1, -0.05) is 160 Å². The third-order valence-electron chi connectivity index (χ3n) is 9.97. The Morgan fingerprint density at radius 2 is 0.865 bits per heavy atom. The van der Waals surface area contributed by atoms with Crippen LogP contribution in [0.5, 0.6) is 0 Å². The van der Waals surface area contributed by atoms with Gasteiger partial charge in [0.05, 0.1) is 6.42 Å². The van der Waals surface area contributed by atoms with Gasteiger partial charge in [-0.15, -0.1) is 0 Å². The van der Waals surface area contributed by atoms with E-state index in [1.807, 2.05) is 0 Å². The monoisotopic (exact) mass is 734 g/mol. The molecule has 1 amide bonds. The number of aliphatic carboxylic acids is 2. The lowest BCUT2D eigenvalue weighted by atomic mass is 9.86. The molecule has 7 nitrogen and oxygen atoms in total. The summed E-state index contributed by atoms with van der Waals surface area (Å²) in [5.74, 6) is -2.49. The lowest BCUT2D eigenvalue weighted by Crippen LogP contribution is -2.59. The van der Waals surface area contributed by atoms with E-state index in [-0.39, 0.29) is 13.0 Å². The fourth-order valence-electron chi connectivity index (χ4n) is 6.85. The third-order valence-corrected chi connectivity index (χ3v) is 9.97. The molecule has 0 fully saturated rings. The van der Waals surface area contributed by atoms with Crippen LogP contribution in [0.2, 0.25) is 0 Å². The second-order valence-corrected chi connectivity index (χ2v) is 16.2. The number of allylic oxidation sites excluding steroid dienone is 4. The van der Waals surface area contributed by atoms with E-state index >= 15 is 0 Å². The average molecular weight is 734 g/mol. The topological polar surface area (TPSA) is 104 Å². The molecule has 0 aromatic carbocycles. The van der Waals surface area contributed by atoms with Gasteiger partial charge in [0.15, 0.2) is 5.54 Å². The van der Waals surface area contributed by atoms with Crippen LogP contribution in [0.1, 0.15) is 227 Å². The molecule has 0 heterocycles. The highest BCUT2D eigenvalue weighted by molar-refractivity contribution is 5.89. The summed E-state index contributed by atoms with van der Waals surface area (Å²) in [7, 11) is 0. The first kappa shape index (κ1) is 49.7. The third kappa shape index (κ3) is 28.2. The molecule has 0 saturated heterocycles. The van der Waals surface area contributed by atoms with Crippen LogP contribution in [0.4, 0.5) is 4.79 Å². The summed E-state index contributed by atoms with van der Waals surface area (Å²) in [5, 5.41) is 20.4. The van der Waals surface area contributed by atoms with Gasteiger partial charge in [0.25, 0.3) is 0 Å². The van der Waals surface area contributed by atoms with E-state index in [1.54, 1.807) is 20.8 Å². The predicted octanol–water partition coefficient (Wildman–Crippen LogP) is 14.0. The quantitative estimate of drug-likeness (QED) is 0.0491. The first-order valence-corrected chi connectivity index (χ1v) is 21.8. The zero-order chi connectivity index (χ0) is 38.8. The summed E-state index contributed by atoms with van der Waals surface area (Å²) in [6, 6.07) is 0. The first-order chi connectivity index (χ1) is 25.0. The molecule has 0 spiro atoms. The van der Waals surface area contributed by atoms with Gasteiger partial charge in [0, 0.05) is 6.54 Å². The zero-order valence-electron chi connectivity index (χ0n) is 34.7. The number of ether oxygens (including phenoxy) is 1. The zero-order valence-corrected chi connectivity index (χ0v) is 34.7.